The number of para-hydroxylation sites is 1. The van der Waals surface area contributed by atoms with Gasteiger partial charge in [0, 0.05) is 54.2 Å². The van der Waals surface area contributed by atoms with Crippen molar-refractivity contribution < 1.29 is 27.3 Å². The molecule has 296 valence electrons. The lowest BCUT2D eigenvalue weighted by atomic mass is 9.95. The molecule has 3 N–H and O–H groups in total. The smallest absolute Gasteiger partial charge is 0.264 e. The highest BCUT2D eigenvalue weighted by molar-refractivity contribution is 7.90. The molecular weight excluding hydrogens is 739 g/mol. The van der Waals surface area contributed by atoms with E-state index in [1.807, 2.05) is 102 Å². The molecule has 0 spiro atoms. The van der Waals surface area contributed by atoms with Crippen LogP contribution in [0.25, 0.3) is 22.2 Å². The first kappa shape index (κ1) is 40.6. The third-order valence-corrected chi connectivity index (χ3v) is 11.7. The summed E-state index contributed by atoms with van der Waals surface area (Å²) in [4.78, 5) is 47.8. The summed E-state index contributed by atoms with van der Waals surface area (Å²) < 4.78 is 36.2. The second-order valence-electron chi connectivity index (χ2n) is 15.3. The molecule has 0 saturated carbocycles. The summed E-state index contributed by atoms with van der Waals surface area (Å²) in [5.74, 6) is -1.63. The number of carbonyl (C=O) groups excluding carboxylic acids is 3. The van der Waals surface area contributed by atoms with Gasteiger partial charge in [0.2, 0.25) is 5.91 Å². The molecule has 0 aliphatic heterocycles. The third kappa shape index (κ3) is 9.18. The van der Waals surface area contributed by atoms with Crippen LogP contribution in [0.5, 0.6) is 0 Å². The molecule has 0 radical (unpaired) electrons. The molecule has 4 aromatic carbocycles. The van der Waals surface area contributed by atoms with E-state index in [1.165, 1.54) is 4.90 Å². The van der Waals surface area contributed by atoms with Crippen molar-refractivity contribution in [3.63, 3.8) is 0 Å². The van der Waals surface area contributed by atoms with E-state index in [1.54, 1.807) is 49.8 Å². The van der Waals surface area contributed by atoms with Crippen molar-refractivity contribution in [3.8, 4) is 11.3 Å². The summed E-state index contributed by atoms with van der Waals surface area (Å²) in [7, 11) is -2.86. The molecule has 11 nitrogen and oxygen atoms in total. The molecule has 0 fully saturated rings. The van der Waals surface area contributed by atoms with E-state index in [-0.39, 0.29) is 35.5 Å². The van der Waals surface area contributed by atoms with Crippen molar-refractivity contribution in [2.45, 2.75) is 83.2 Å². The Bertz CT molecular complexity index is 2460. The summed E-state index contributed by atoms with van der Waals surface area (Å²) in [6.07, 6.45) is 3.36. The van der Waals surface area contributed by atoms with E-state index in [4.69, 9.17) is 4.52 Å². The maximum absolute atomic E-state index is 14.7. The molecule has 12 heteroatoms. The summed E-state index contributed by atoms with van der Waals surface area (Å²) in [5.41, 5.74) is 6.42. The van der Waals surface area contributed by atoms with E-state index < -0.39 is 33.9 Å². The topological polar surface area (TPSA) is 154 Å². The second kappa shape index (κ2) is 17.0. The quantitative estimate of drug-likeness (QED) is 0.103. The number of likely N-dealkylation sites (N-methyl/N-ethyl adjacent to an activating group) is 1. The van der Waals surface area contributed by atoms with Crippen molar-refractivity contribution in [3.05, 3.63) is 142 Å². The van der Waals surface area contributed by atoms with E-state index in [2.05, 4.69) is 20.2 Å². The zero-order valence-corrected chi connectivity index (χ0v) is 34.1. The summed E-state index contributed by atoms with van der Waals surface area (Å²) >= 11 is 0. The lowest BCUT2D eigenvalue weighted by molar-refractivity contribution is -0.130. The molecule has 0 aliphatic rings. The fourth-order valence-electron chi connectivity index (χ4n) is 7.29. The number of aryl methyl sites for hydroxylation is 2. The van der Waals surface area contributed by atoms with E-state index in [0.717, 1.165) is 33.2 Å². The van der Waals surface area contributed by atoms with Crippen LogP contribution in [0.15, 0.2) is 113 Å². The number of aromatic amines is 1. The molecule has 6 aromatic rings. The van der Waals surface area contributed by atoms with Crippen molar-refractivity contribution in [1.82, 2.24) is 25.1 Å². The van der Waals surface area contributed by atoms with Crippen molar-refractivity contribution in [2.75, 3.05) is 7.05 Å². The summed E-state index contributed by atoms with van der Waals surface area (Å²) in [5, 5.41) is 7.49. The zero-order valence-electron chi connectivity index (χ0n) is 33.3. The van der Waals surface area contributed by atoms with E-state index in [0.29, 0.717) is 28.0 Å². The number of nitrogens with one attached hydrogen (secondary N) is 3. The first-order chi connectivity index (χ1) is 27.1. The molecule has 2 aromatic heterocycles. The Morgan fingerprint density at radius 2 is 1.46 bits per heavy atom. The van der Waals surface area contributed by atoms with Gasteiger partial charge in [0.15, 0.2) is 5.76 Å². The maximum Gasteiger partial charge on any atom is 0.264 e. The van der Waals surface area contributed by atoms with Gasteiger partial charge in [0.1, 0.15) is 12.1 Å². The molecule has 57 heavy (non-hydrogen) atoms. The molecule has 0 saturated heterocycles. The van der Waals surface area contributed by atoms with Gasteiger partial charge in [-0.15, -0.1) is 0 Å². The zero-order chi connectivity index (χ0) is 41.0. The van der Waals surface area contributed by atoms with Crippen LogP contribution in [0.1, 0.15) is 83.3 Å². The van der Waals surface area contributed by atoms with Crippen molar-refractivity contribution in [1.29, 1.82) is 0 Å². The number of H-pyrrole nitrogens is 1. The van der Waals surface area contributed by atoms with Gasteiger partial charge >= 0.3 is 0 Å². The standard InChI is InChI=1S/C45H49N5O6S/c1-27(2)35-12-10-13-36(28(3)4)42(35)57(54,55)49-43(51)39(25-34-26-46-38-14-9-8-11-37(34)38)48-44(52)40(50(7)45(53)33-22-29(5)21-30(6)23-33)24-31-15-17-32(18-16-31)41-19-20-47-56-41/h8-23,26-28,39-40,46H,24-25H2,1-7H3,(H,48,52)(H,49,51). The highest BCUT2D eigenvalue weighted by Gasteiger charge is 2.35. The van der Waals surface area contributed by atoms with Crippen LogP contribution in [0.2, 0.25) is 0 Å². The predicted octanol–water partition coefficient (Wildman–Crippen LogP) is 7.60. The minimum absolute atomic E-state index is 0.0344. The van der Waals surface area contributed by atoms with Crippen molar-refractivity contribution >= 4 is 38.6 Å². The number of sulfonamides is 1. The normalized spacial score (nSPS) is 12.8. The van der Waals surface area contributed by atoms with Gasteiger partial charge < -0.3 is 19.7 Å². The highest BCUT2D eigenvalue weighted by atomic mass is 32.2. The van der Waals surface area contributed by atoms with Gasteiger partial charge in [-0.1, -0.05) is 111 Å². The second-order valence-corrected chi connectivity index (χ2v) is 16.9. The lowest BCUT2D eigenvalue weighted by Crippen LogP contribution is -2.56. The fraction of sp³-hybridized carbons (Fsp3) is 0.289. The molecule has 3 amide bonds. The lowest BCUT2D eigenvalue weighted by Gasteiger charge is -2.30. The molecule has 2 unspecified atom stereocenters. The number of carbonyl (C=O) groups is 3. The Kier molecular flexibility index (Phi) is 12.1. The number of hydrogen-bond acceptors (Lipinski definition) is 7. The summed E-state index contributed by atoms with van der Waals surface area (Å²) in [6.45, 7) is 11.4. The molecule has 2 atom stereocenters. The number of rotatable bonds is 14. The molecule has 2 heterocycles. The Labute approximate surface area is 333 Å². The Morgan fingerprint density at radius 1 is 0.807 bits per heavy atom. The van der Waals surface area contributed by atoms with Gasteiger partial charge in [-0.25, -0.2) is 13.1 Å². The first-order valence-electron chi connectivity index (χ1n) is 19.0. The maximum atomic E-state index is 14.7. The van der Waals surface area contributed by atoms with Crippen LogP contribution in [-0.4, -0.2) is 60.3 Å². The van der Waals surface area contributed by atoms with Gasteiger partial charge in [-0.3, -0.25) is 14.4 Å². The van der Waals surface area contributed by atoms with Crippen LogP contribution in [0.3, 0.4) is 0 Å². The average Bonchev–Trinajstić information content (AvgIpc) is 3.86. The molecule has 6 rings (SSSR count). The number of nitrogens with zero attached hydrogens (tertiary/aromatic N) is 2. The Balaban J connectivity index is 1.37. The minimum atomic E-state index is -4.41. The first-order valence-corrected chi connectivity index (χ1v) is 20.5. The van der Waals surface area contributed by atoms with E-state index in [9.17, 15) is 22.8 Å². The average molecular weight is 788 g/mol. The largest absolute Gasteiger partial charge is 0.361 e. The van der Waals surface area contributed by atoms with E-state index >= 15 is 0 Å². The number of hydrogen-bond donors (Lipinski definition) is 3. The number of benzene rings is 4. The van der Waals surface area contributed by atoms with Crippen molar-refractivity contribution in [2.24, 2.45) is 0 Å². The molecule has 0 aliphatic carbocycles. The minimum Gasteiger partial charge on any atom is -0.361 e. The van der Waals surface area contributed by atoms with Gasteiger partial charge in [0.05, 0.1) is 11.1 Å². The van der Waals surface area contributed by atoms with Gasteiger partial charge in [-0.2, -0.15) is 0 Å². The Morgan fingerprint density at radius 3 is 2.07 bits per heavy atom. The Hall–Kier alpha value is -6.01. The monoisotopic (exact) mass is 787 g/mol. The molecule has 0 bridgehead atoms. The number of fused-ring (bicyclic) bond motifs is 1. The van der Waals surface area contributed by atoms with Crippen LogP contribution in [-0.2, 0) is 32.5 Å². The number of amides is 3. The number of aromatic nitrogens is 2. The van der Waals surface area contributed by atoms with Crippen LogP contribution < -0.4 is 10.0 Å². The summed E-state index contributed by atoms with van der Waals surface area (Å²) in [6, 6.07) is 25.0. The predicted molar refractivity (Wildman–Crippen MR) is 221 cm³/mol. The van der Waals surface area contributed by atoms with Crippen LogP contribution in [0.4, 0.5) is 0 Å². The fourth-order valence-corrected chi connectivity index (χ4v) is 9.02. The highest BCUT2D eigenvalue weighted by Crippen LogP contribution is 2.32. The van der Waals surface area contributed by atoms with Gasteiger partial charge in [-0.05, 0) is 66.1 Å². The van der Waals surface area contributed by atoms with Crippen LogP contribution in [0, 0.1) is 13.8 Å². The molecular formula is C45H49N5O6S. The van der Waals surface area contributed by atoms with Crippen LogP contribution >= 0.6 is 0 Å². The SMILES string of the molecule is Cc1cc(C)cc(C(=O)N(C)C(Cc2ccc(-c3ccno3)cc2)C(=O)NC(Cc2c[nH]c3ccccc23)C(=O)NS(=O)(=O)c2c(C(C)C)cccc2C(C)C)c1. The van der Waals surface area contributed by atoms with Gasteiger partial charge in [0.25, 0.3) is 21.8 Å². The third-order valence-electron chi connectivity index (χ3n) is 10.2.